The second-order valence-corrected chi connectivity index (χ2v) is 7.28. The van der Waals surface area contributed by atoms with Gasteiger partial charge in [-0.3, -0.25) is 4.84 Å². The van der Waals surface area contributed by atoms with Crippen molar-refractivity contribution in [1.82, 2.24) is 5.06 Å². The monoisotopic (exact) mass is 245 g/mol. The minimum atomic E-state index is -0.798. The van der Waals surface area contributed by atoms with Gasteiger partial charge in [0.15, 0.2) is 0 Å². The molecule has 0 aromatic carbocycles. The Morgan fingerprint density at radius 2 is 1.65 bits per heavy atom. The highest BCUT2D eigenvalue weighted by atomic mass is 16.7. The van der Waals surface area contributed by atoms with E-state index in [2.05, 4.69) is 38.5 Å². The molecule has 1 rings (SSSR count). The van der Waals surface area contributed by atoms with Gasteiger partial charge in [-0.2, -0.15) is 5.06 Å². The van der Waals surface area contributed by atoms with E-state index in [-0.39, 0.29) is 11.1 Å². The summed E-state index contributed by atoms with van der Waals surface area (Å²) >= 11 is 0. The molecule has 1 aliphatic rings. The van der Waals surface area contributed by atoms with E-state index in [0.717, 1.165) is 12.8 Å². The van der Waals surface area contributed by atoms with Gasteiger partial charge in [0.25, 0.3) is 0 Å². The van der Waals surface area contributed by atoms with Gasteiger partial charge in [-0.1, -0.05) is 0 Å². The van der Waals surface area contributed by atoms with Gasteiger partial charge in [0.1, 0.15) is 0 Å². The molecule has 0 unspecified atom stereocenters. The Bertz CT molecular complexity index is 251. The van der Waals surface area contributed by atoms with Crippen molar-refractivity contribution in [1.29, 1.82) is 0 Å². The molecule has 1 aliphatic heterocycles. The first-order valence-corrected chi connectivity index (χ1v) is 6.43. The number of hydroxylamine groups is 2. The average molecular weight is 245 g/mol. The predicted molar refractivity (Wildman–Crippen MR) is 68.2 cm³/mol. The highest BCUT2D eigenvalue weighted by Gasteiger charge is 2.47. The summed E-state index contributed by atoms with van der Waals surface area (Å²) in [4.78, 5) is 5.88. The van der Waals surface area contributed by atoms with E-state index in [0.29, 0.717) is 12.6 Å². The maximum atomic E-state index is 9.78. The maximum Gasteiger partial charge on any atom is 0.0967 e. The summed E-state index contributed by atoms with van der Waals surface area (Å²) in [5.74, 6) is 0. The molecule has 0 bridgehead atoms. The number of quaternary nitrogens is 1. The number of piperidine rings is 1. The van der Waals surface area contributed by atoms with Gasteiger partial charge >= 0.3 is 0 Å². The molecule has 1 heterocycles. The summed E-state index contributed by atoms with van der Waals surface area (Å²) in [5.41, 5.74) is 3.32. The molecule has 0 spiro atoms. The van der Waals surface area contributed by atoms with Crippen LogP contribution in [0.25, 0.3) is 0 Å². The smallest absolute Gasteiger partial charge is 0.0967 e. The van der Waals surface area contributed by atoms with Crippen LogP contribution >= 0.6 is 0 Å². The topological polar surface area (TPSA) is 60.3 Å². The fraction of sp³-hybridized carbons (Fsp3) is 1.00. The lowest BCUT2D eigenvalue weighted by atomic mass is 9.79. The Labute approximate surface area is 105 Å². The summed E-state index contributed by atoms with van der Waals surface area (Å²) in [6.07, 6.45) is 2.03. The van der Waals surface area contributed by atoms with Crippen molar-refractivity contribution in [2.24, 2.45) is 0 Å². The SMILES string of the molecule is CC(C)(O)CON1C(C)(C)CC([NH3+])CC1(C)C. The van der Waals surface area contributed by atoms with Crippen LogP contribution in [0.5, 0.6) is 0 Å². The van der Waals surface area contributed by atoms with Gasteiger partial charge in [0, 0.05) is 23.9 Å². The summed E-state index contributed by atoms with van der Waals surface area (Å²) in [6.45, 7) is 12.6. The van der Waals surface area contributed by atoms with E-state index in [1.54, 1.807) is 13.8 Å². The lowest BCUT2D eigenvalue weighted by Gasteiger charge is -2.52. The molecule has 0 amide bonds. The number of rotatable bonds is 3. The standard InChI is InChI=1S/C13H28N2O2/c1-11(2)7-10(14)8-12(3,4)15(11)17-9-13(5,6)16/h10,16H,7-9,14H2,1-6H3/p+1. The Balaban J connectivity index is 2.79. The third kappa shape index (κ3) is 3.91. The Hall–Kier alpha value is -0.160. The first-order chi connectivity index (χ1) is 7.44. The minimum Gasteiger partial charge on any atom is -0.388 e. The lowest BCUT2D eigenvalue weighted by molar-refractivity contribution is -0.452. The molecule has 0 atom stereocenters. The zero-order valence-corrected chi connectivity index (χ0v) is 12.2. The van der Waals surface area contributed by atoms with Crippen LogP contribution in [0.4, 0.5) is 0 Å². The van der Waals surface area contributed by atoms with Crippen LogP contribution in [0, 0.1) is 0 Å². The zero-order chi connectivity index (χ0) is 13.5. The second-order valence-electron chi connectivity index (χ2n) is 7.28. The van der Waals surface area contributed by atoms with Crippen LogP contribution in [-0.2, 0) is 4.84 Å². The van der Waals surface area contributed by atoms with E-state index in [4.69, 9.17) is 4.84 Å². The molecule has 4 N–H and O–H groups in total. The third-order valence-electron chi connectivity index (χ3n) is 3.22. The lowest BCUT2D eigenvalue weighted by Crippen LogP contribution is -2.73. The van der Waals surface area contributed by atoms with E-state index in [1.165, 1.54) is 0 Å². The van der Waals surface area contributed by atoms with E-state index in [9.17, 15) is 5.11 Å². The molecule has 17 heavy (non-hydrogen) atoms. The van der Waals surface area contributed by atoms with Crippen LogP contribution < -0.4 is 5.73 Å². The first kappa shape index (κ1) is 14.9. The summed E-state index contributed by atoms with van der Waals surface area (Å²) in [5, 5.41) is 11.8. The fourth-order valence-electron chi connectivity index (χ4n) is 3.04. The van der Waals surface area contributed by atoms with Gasteiger partial charge in [0.2, 0.25) is 0 Å². The van der Waals surface area contributed by atoms with Crippen LogP contribution in [0.2, 0.25) is 0 Å². The van der Waals surface area contributed by atoms with E-state index >= 15 is 0 Å². The molecule has 0 aliphatic carbocycles. The molecule has 1 fully saturated rings. The first-order valence-electron chi connectivity index (χ1n) is 6.43. The summed E-state index contributed by atoms with van der Waals surface area (Å²) in [6, 6.07) is 0.460. The molecule has 1 saturated heterocycles. The molecule has 0 aromatic rings. The quantitative estimate of drug-likeness (QED) is 0.778. The van der Waals surface area contributed by atoms with Crippen LogP contribution in [0.3, 0.4) is 0 Å². The normalized spacial score (nSPS) is 26.1. The molecular formula is C13H29N2O2+. The minimum absolute atomic E-state index is 0.0422. The van der Waals surface area contributed by atoms with E-state index in [1.807, 2.05) is 0 Å². The van der Waals surface area contributed by atoms with Gasteiger partial charge in [-0.15, -0.1) is 0 Å². The number of hydrogen-bond donors (Lipinski definition) is 2. The van der Waals surface area contributed by atoms with Gasteiger partial charge in [0.05, 0.1) is 18.2 Å². The van der Waals surface area contributed by atoms with Crippen molar-refractivity contribution in [2.45, 2.75) is 77.1 Å². The third-order valence-corrected chi connectivity index (χ3v) is 3.22. The fourth-order valence-corrected chi connectivity index (χ4v) is 3.04. The average Bonchev–Trinajstić information content (AvgIpc) is 1.94. The van der Waals surface area contributed by atoms with Gasteiger partial charge < -0.3 is 10.8 Å². The predicted octanol–water partition coefficient (Wildman–Crippen LogP) is 0.952. The van der Waals surface area contributed by atoms with Crippen LogP contribution in [0.15, 0.2) is 0 Å². The van der Waals surface area contributed by atoms with Gasteiger partial charge in [-0.05, 0) is 41.5 Å². The summed E-state index contributed by atoms with van der Waals surface area (Å²) in [7, 11) is 0. The van der Waals surface area contributed by atoms with Crippen molar-refractivity contribution in [2.75, 3.05) is 6.61 Å². The Kier molecular flexibility index (Phi) is 3.94. The van der Waals surface area contributed by atoms with Crippen molar-refractivity contribution >= 4 is 0 Å². The molecule has 4 nitrogen and oxygen atoms in total. The second kappa shape index (κ2) is 4.50. The van der Waals surface area contributed by atoms with Crippen LogP contribution in [-0.4, -0.2) is 39.5 Å². The van der Waals surface area contributed by atoms with E-state index < -0.39 is 5.60 Å². The molecule has 0 aromatic heterocycles. The number of nitrogens with zero attached hydrogens (tertiary/aromatic N) is 1. The number of aliphatic hydroxyl groups is 1. The Morgan fingerprint density at radius 1 is 1.24 bits per heavy atom. The van der Waals surface area contributed by atoms with Gasteiger partial charge in [-0.25, -0.2) is 0 Å². The van der Waals surface area contributed by atoms with Crippen LogP contribution in [0.1, 0.15) is 54.4 Å². The highest BCUT2D eigenvalue weighted by Crippen LogP contribution is 2.37. The number of hydrogen-bond acceptors (Lipinski definition) is 3. The highest BCUT2D eigenvalue weighted by molar-refractivity contribution is 4.96. The van der Waals surface area contributed by atoms with Crippen molar-refractivity contribution in [3.05, 3.63) is 0 Å². The maximum absolute atomic E-state index is 9.78. The van der Waals surface area contributed by atoms with Crippen molar-refractivity contribution < 1.29 is 15.7 Å². The molecular weight excluding hydrogens is 216 g/mol. The molecule has 4 heteroatoms. The van der Waals surface area contributed by atoms with Crippen molar-refractivity contribution in [3.8, 4) is 0 Å². The summed E-state index contributed by atoms with van der Waals surface area (Å²) < 4.78 is 0. The molecule has 0 radical (unpaired) electrons. The Morgan fingerprint density at radius 3 is 2.00 bits per heavy atom. The molecule has 102 valence electrons. The van der Waals surface area contributed by atoms with Crippen molar-refractivity contribution in [3.63, 3.8) is 0 Å². The molecule has 0 saturated carbocycles. The zero-order valence-electron chi connectivity index (χ0n) is 12.2. The largest absolute Gasteiger partial charge is 0.388 e.